The summed E-state index contributed by atoms with van der Waals surface area (Å²) in [7, 11) is -4.03. The molecule has 1 heterocycles. The molecule has 3 atom stereocenters. The van der Waals surface area contributed by atoms with Crippen molar-refractivity contribution in [1.82, 2.24) is 0 Å². The smallest absolute Gasteiger partial charge is 0.203 e. The Labute approximate surface area is 184 Å². The Hall–Kier alpha value is 0.314. The first kappa shape index (κ1) is 27.3. The summed E-state index contributed by atoms with van der Waals surface area (Å²) in [5, 5.41) is 0. The Bertz CT molecular complexity index is 445. The van der Waals surface area contributed by atoms with Crippen LogP contribution in [0.15, 0.2) is 0 Å². The lowest BCUT2D eigenvalue weighted by Gasteiger charge is -2.51. The van der Waals surface area contributed by atoms with Crippen LogP contribution in [-0.4, -0.2) is 35.6 Å². The van der Waals surface area contributed by atoms with Crippen LogP contribution >= 0.6 is 0 Å². The Morgan fingerprint density at radius 1 is 0.621 bits per heavy atom. The molecule has 0 saturated carbocycles. The molecule has 5 heteroatoms. The van der Waals surface area contributed by atoms with E-state index >= 15 is 0 Å². The molecule has 0 radical (unpaired) electrons. The number of hydrogen-bond acceptors (Lipinski definition) is 3. The Morgan fingerprint density at radius 3 is 1.31 bits per heavy atom. The van der Waals surface area contributed by atoms with Crippen LogP contribution < -0.4 is 0 Å². The van der Waals surface area contributed by atoms with E-state index in [0.29, 0.717) is 39.2 Å². The fourth-order valence-corrected chi connectivity index (χ4v) is 17.5. The van der Waals surface area contributed by atoms with Gasteiger partial charge < -0.3 is 13.6 Å². The van der Waals surface area contributed by atoms with Crippen molar-refractivity contribution in [2.75, 3.05) is 6.61 Å². The summed E-state index contributed by atoms with van der Waals surface area (Å²) in [4.78, 5) is 0. The highest BCUT2D eigenvalue weighted by Gasteiger charge is 2.53. The minimum absolute atomic E-state index is 0.0470. The molecule has 1 aliphatic heterocycles. The summed E-state index contributed by atoms with van der Waals surface area (Å²) >= 11 is 0. The van der Waals surface area contributed by atoms with Gasteiger partial charge in [0.15, 0.2) is 6.29 Å². The van der Waals surface area contributed by atoms with Crippen LogP contribution in [0.5, 0.6) is 0 Å². The summed E-state index contributed by atoms with van der Waals surface area (Å²) in [6.45, 7) is 31.4. The van der Waals surface area contributed by atoms with Crippen LogP contribution in [0, 0.1) is 5.92 Å². The van der Waals surface area contributed by atoms with Gasteiger partial charge in [-0.05, 0) is 45.6 Å². The molecule has 0 amide bonds. The molecule has 1 unspecified atom stereocenters. The maximum atomic E-state index is 7.28. The minimum atomic E-state index is -2.03. The van der Waals surface area contributed by atoms with Crippen LogP contribution in [0.1, 0.15) is 96.4 Å². The quantitative estimate of drug-likeness (QED) is 0.318. The van der Waals surface area contributed by atoms with Crippen molar-refractivity contribution in [1.29, 1.82) is 0 Å². The van der Waals surface area contributed by atoms with Crippen molar-refractivity contribution >= 4 is 16.6 Å². The lowest BCUT2D eigenvalue weighted by Crippen LogP contribution is -2.59. The van der Waals surface area contributed by atoms with E-state index in [4.69, 9.17) is 13.6 Å². The minimum Gasteiger partial charge on any atom is -0.408 e. The average Bonchev–Trinajstić information content (AvgIpc) is 2.56. The maximum Gasteiger partial charge on any atom is 0.203 e. The molecule has 29 heavy (non-hydrogen) atoms. The van der Waals surface area contributed by atoms with Crippen molar-refractivity contribution in [3.63, 3.8) is 0 Å². The predicted molar refractivity (Wildman–Crippen MR) is 132 cm³/mol. The predicted octanol–water partition coefficient (Wildman–Crippen LogP) is 8.12. The van der Waals surface area contributed by atoms with E-state index in [9.17, 15) is 0 Å². The SMILES string of the molecule is CC(C)[Si](OC1OCC[C@H](C)[C@@H]1O[Si](C(C)C)(C(C)C)C(C)C)(C(C)C)C(C)C. The zero-order chi connectivity index (χ0) is 22.7. The molecule has 0 aliphatic carbocycles. The molecule has 0 aromatic carbocycles. The van der Waals surface area contributed by atoms with Gasteiger partial charge in [-0.15, -0.1) is 0 Å². The van der Waals surface area contributed by atoms with Gasteiger partial charge in [-0.25, -0.2) is 0 Å². The van der Waals surface area contributed by atoms with E-state index in [2.05, 4.69) is 90.0 Å². The first-order valence-corrected chi connectivity index (χ1v) is 16.5. The van der Waals surface area contributed by atoms with Crippen LogP contribution in [0.25, 0.3) is 0 Å². The van der Waals surface area contributed by atoms with Gasteiger partial charge >= 0.3 is 0 Å². The second-order valence-electron chi connectivity index (χ2n) is 11.3. The van der Waals surface area contributed by atoms with Crippen molar-refractivity contribution in [2.24, 2.45) is 5.92 Å². The number of ether oxygens (including phenoxy) is 1. The van der Waals surface area contributed by atoms with E-state index in [-0.39, 0.29) is 12.4 Å². The molecule has 0 aromatic heterocycles. The Morgan fingerprint density at radius 2 is 0.966 bits per heavy atom. The maximum absolute atomic E-state index is 7.28. The second-order valence-corrected chi connectivity index (χ2v) is 22.2. The van der Waals surface area contributed by atoms with Crippen LogP contribution in [-0.2, 0) is 13.6 Å². The Balaban J connectivity index is 3.35. The van der Waals surface area contributed by atoms with E-state index in [1.54, 1.807) is 0 Å². The van der Waals surface area contributed by atoms with Gasteiger partial charge in [0, 0.05) is 0 Å². The van der Waals surface area contributed by atoms with Gasteiger partial charge in [0.1, 0.15) is 0 Å². The number of rotatable bonds is 10. The van der Waals surface area contributed by atoms with Crippen molar-refractivity contribution in [3.8, 4) is 0 Å². The normalized spacial score (nSPS) is 24.7. The van der Waals surface area contributed by atoms with Gasteiger partial charge in [0.2, 0.25) is 16.6 Å². The summed E-state index contributed by atoms with van der Waals surface area (Å²) < 4.78 is 20.8. The summed E-state index contributed by atoms with van der Waals surface area (Å²) in [6, 6.07) is 0. The first-order chi connectivity index (χ1) is 13.2. The monoisotopic (exact) mass is 444 g/mol. The highest BCUT2D eigenvalue weighted by atomic mass is 28.4. The van der Waals surface area contributed by atoms with Crippen LogP contribution in [0.4, 0.5) is 0 Å². The van der Waals surface area contributed by atoms with E-state index in [1.807, 2.05) is 0 Å². The van der Waals surface area contributed by atoms with Crippen molar-refractivity contribution in [3.05, 3.63) is 0 Å². The Kier molecular flexibility index (Phi) is 10.1. The summed E-state index contributed by atoms with van der Waals surface area (Å²) in [5.41, 5.74) is 3.35. The van der Waals surface area contributed by atoms with Crippen molar-refractivity contribution < 1.29 is 13.6 Å². The van der Waals surface area contributed by atoms with Gasteiger partial charge in [0.05, 0.1) is 12.7 Å². The lowest BCUT2D eigenvalue weighted by molar-refractivity contribution is -0.190. The van der Waals surface area contributed by atoms with Crippen LogP contribution in [0.2, 0.25) is 33.2 Å². The van der Waals surface area contributed by atoms with Gasteiger partial charge in [-0.3, -0.25) is 0 Å². The molecule has 0 bridgehead atoms. The topological polar surface area (TPSA) is 27.7 Å². The molecule has 1 aliphatic rings. The third-order valence-corrected chi connectivity index (χ3v) is 19.9. The molecule has 1 saturated heterocycles. The summed E-state index contributed by atoms with van der Waals surface area (Å²) in [5.74, 6) is 0.468. The molecular formula is C24H52O3Si2. The third-order valence-electron chi connectivity index (χ3n) is 7.76. The molecule has 0 aromatic rings. The van der Waals surface area contributed by atoms with Crippen molar-refractivity contribution in [2.45, 2.75) is 142 Å². The zero-order valence-corrected chi connectivity index (χ0v) is 23.8. The molecule has 0 spiro atoms. The fourth-order valence-electron chi connectivity index (χ4n) is 6.42. The fraction of sp³-hybridized carbons (Fsp3) is 1.00. The lowest BCUT2D eigenvalue weighted by atomic mass is 9.99. The van der Waals surface area contributed by atoms with Crippen LogP contribution in [0.3, 0.4) is 0 Å². The van der Waals surface area contributed by atoms with Gasteiger partial charge in [-0.2, -0.15) is 0 Å². The third kappa shape index (κ3) is 5.39. The van der Waals surface area contributed by atoms with E-state index in [1.165, 1.54) is 0 Å². The highest BCUT2D eigenvalue weighted by molar-refractivity contribution is 6.78. The second kappa shape index (κ2) is 10.8. The molecule has 1 fully saturated rings. The molecule has 174 valence electrons. The highest BCUT2D eigenvalue weighted by Crippen LogP contribution is 2.47. The standard InChI is InChI=1S/C24H52O3Si2/c1-16(2)28(17(3)4,18(5)6)26-23-22(13)14-15-25-24(23)27-29(19(7)8,20(9)10)21(11)12/h16-24H,14-15H2,1-13H3/t22-,23-,24?/m0/s1. The van der Waals surface area contributed by atoms with E-state index < -0.39 is 16.6 Å². The molecule has 1 rings (SSSR count). The summed E-state index contributed by atoms with van der Waals surface area (Å²) in [6.07, 6.45) is 0.884. The molecular weight excluding hydrogens is 392 g/mol. The largest absolute Gasteiger partial charge is 0.408 e. The number of hydrogen-bond donors (Lipinski definition) is 0. The van der Waals surface area contributed by atoms with Gasteiger partial charge in [-0.1, -0.05) is 90.0 Å². The molecule has 0 N–H and O–H groups in total. The zero-order valence-electron chi connectivity index (χ0n) is 21.8. The first-order valence-electron chi connectivity index (χ1n) is 12.2. The van der Waals surface area contributed by atoms with E-state index in [0.717, 1.165) is 13.0 Å². The van der Waals surface area contributed by atoms with Gasteiger partial charge in [0.25, 0.3) is 0 Å². The molecule has 3 nitrogen and oxygen atoms in total. The average molecular weight is 445 g/mol.